The fourth-order valence-electron chi connectivity index (χ4n) is 2.00. The third-order valence-electron chi connectivity index (χ3n) is 3.29. The zero-order valence-electron chi connectivity index (χ0n) is 11.7. The maximum absolute atomic E-state index is 12.2. The fourth-order valence-corrected chi connectivity index (χ4v) is 2.00. The molecule has 0 radical (unpaired) electrons. The fraction of sp³-hybridized carbons (Fsp3) is 0.333. The number of hydrogen-bond acceptors (Lipinski definition) is 3. The molecule has 0 bridgehead atoms. The first-order chi connectivity index (χ1) is 9.49. The van der Waals surface area contributed by atoms with Crippen LogP contribution in [0.5, 0.6) is 0 Å². The van der Waals surface area contributed by atoms with Gasteiger partial charge >= 0.3 is 6.03 Å². The van der Waals surface area contributed by atoms with E-state index in [0.29, 0.717) is 17.3 Å². The molecule has 5 nitrogen and oxygen atoms in total. The van der Waals surface area contributed by atoms with E-state index < -0.39 is 6.03 Å². The first kappa shape index (κ1) is 14.1. The van der Waals surface area contributed by atoms with E-state index in [-0.39, 0.29) is 5.91 Å². The van der Waals surface area contributed by atoms with Crippen LogP contribution >= 0.6 is 0 Å². The zero-order valence-corrected chi connectivity index (χ0v) is 11.7. The number of urea groups is 1. The van der Waals surface area contributed by atoms with Gasteiger partial charge in [0.1, 0.15) is 0 Å². The van der Waals surface area contributed by atoms with Crippen molar-refractivity contribution in [1.29, 1.82) is 0 Å². The van der Waals surface area contributed by atoms with Gasteiger partial charge in [-0.15, -0.1) is 0 Å². The number of imide groups is 1. The van der Waals surface area contributed by atoms with Gasteiger partial charge in [-0.25, -0.2) is 9.69 Å². The van der Waals surface area contributed by atoms with Crippen molar-refractivity contribution in [2.45, 2.75) is 26.7 Å². The Kier molecular flexibility index (Phi) is 4.08. The molecule has 3 amide bonds. The number of amides is 3. The third-order valence-corrected chi connectivity index (χ3v) is 3.29. The highest BCUT2D eigenvalue weighted by molar-refractivity contribution is 6.13. The molecule has 0 unspecified atom stereocenters. The second kappa shape index (κ2) is 5.77. The number of carbonyl (C=O) groups is 2. The van der Waals surface area contributed by atoms with E-state index in [4.69, 9.17) is 5.73 Å². The number of nitrogens with two attached hydrogens (primary N) is 1. The van der Waals surface area contributed by atoms with Crippen molar-refractivity contribution in [2.75, 3.05) is 10.6 Å². The molecule has 1 saturated carbocycles. The van der Waals surface area contributed by atoms with E-state index in [1.165, 1.54) is 19.8 Å². The molecule has 20 heavy (non-hydrogen) atoms. The number of rotatable bonds is 3. The van der Waals surface area contributed by atoms with Crippen LogP contribution in [0, 0.1) is 5.92 Å². The predicted octanol–water partition coefficient (Wildman–Crippen LogP) is 2.65. The van der Waals surface area contributed by atoms with Crippen molar-refractivity contribution >= 4 is 23.3 Å². The summed E-state index contributed by atoms with van der Waals surface area (Å²) in [6.07, 6.45) is 4.02. The Morgan fingerprint density at radius 3 is 2.60 bits per heavy atom. The number of nitrogen functional groups attached to an aromatic ring is 1. The third kappa shape index (κ3) is 3.38. The molecule has 0 atom stereocenters. The minimum Gasteiger partial charge on any atom is -0.399 e. The van der Waals surface area contributed by atoms with E-state index in [2.05, 4.69) is 5.32 Å². The van der Waals surface area contributed by atoms with Crippen molar-refractivity contribution in [1.82, 2.24) is 5.32 Å². The van der Waals surface area contributed by atoms with Gasteiger partial charge in [-0.05, 0) is 43.9 Å². The Morgan fingerprint density at radius 2 is 2.05 bits per heavy atom. The minimum absolute atomic E-state index is 0.356. The van der Waals surface area contributed by atoms with Crippen molar-refractivity contribution in [3.8, 4) is 0 Å². The van der Waals surface area contributed by atoms with Crippen LogP contribution in [-0.2, 0) is 4.79 Å². The summed E-state index contributed by atoms with van der Waals surface area (Å²) < 4.78 is 0. The monoisotopic (exact) mass is 273 g/mol. The SMILES string of the molecule is CC(=O)N(C(=O)N/C=C(\C)C1CC1)c1cccc(N)c1. The maximum atomic E-state index is 12.2. The van der Waals surface area contributed by atoms with Gasteiger partial charge < -0.3 is 11.1 Å². The summed E-state index contributed by atoms with van der Waals surface area (Å²) in [7, 11) is 0. The highest BCUT2D eigenvalue weighted by Crippen LogP contribution is 2.35. The number of hydrogen-bond donors (Lipinski definition) is 2. The molecule has 2 rings (SSSR count). The standard InChI is InChI=1S/C15H19N3O2/c1-10(12-6-7-12)9-17-15(20)18(11(2)19)14-5-3-4-13(16)8-14/h3-5,8-9,12H,6-7,16H2,1-2H3,(H,17,20)/b10-9+. The van der Waals surface area contributed by atoms with Gasteiger partial charge in [0.05, 0.1) is 5.69 Å². The summed E-state index contributed by atoms with van der Waals surface area (Å²) in [6.45, 7) is 3.33. The Balaban J connectivity index is 2.14. The average molecular weight is 273 g/mol. The van der Waals surface area contributed by atoms with Crippen LogP contribution in [0.15, 0.2) is 36.0 Å². The molecular formula is C15H19N3O2. The number of benzene rings is 1. The summed E-state index contributed by atoms with van der Waals surface area (Å²) in [5, 5.41) is 2.67. The minimum atomic E-state index is -0.469. The topological polar surface area (TPSA) is 75.4 Å². The molecular weight excluding hydrogens is 254 g/mol. The van der Waals surface area contributed by atoms with Crippen LogP contribution in [0.2, 0.25) is 0 Å². The van der Waals surface area contributed by atoms with Gasteiger partial charge in [0.2, 0.25) is 5.91 Å². The Morgan fingerprint density at radius 1 is 1.35 bits per heavy atom. The smallest absolute Gasteiger partial charge is 0.332 e. The summed E-state index contributed by atoms with van der Waals surface area (Å²) in [4.78, 5) is 24.9. The van der Waals surface area contributed by atoms with E-state index in [1.54, 1.807) is 30.5 Å². The molecule has 1 aliphatic rings. The molecule has 3 N–H and O–H groups in total. The Bertz CT molecular complexity index is 562. The van der Waals surface area contributed by atoms with E-state index in [9.17, 15) is 9.59 Å². The second-order valence-electron chi connectivity index (χ2n) is 5.06. The lowest BCUT2D eigenvalue weighted by Gasteiger charge is -2.19. The molecule has 0 aliphatic heterocycles. The summed E-state index contributed by atoms with van der Waals surface area (Å²) in [5.74, 6) is 0.221. The van der Waals surface area contributed by atoms with Gasteiger partial charge in [-0.3, -0.25) is 4.79 Å². The molecule has 1 fully saturated rings. The molecule has 0 aromatic heterocycles. The van der Waals surface area contributed by atoms with Gasteiger partial charge in [0.25, 0.3) is 0 Å². The first-order valence-electron chi connectivity index (χ1n) is 6.62. The largest absolute Gasteiger partial charge is 0.399 e. The van der Waals surface area contributed by atoms with Gasteiger partial charge in [0.15, 0.2) is 0 Å². The molecule has 106 valence electrons. The maximum Gasteiger partial charge on any atom is 0.332 e. The van der Waals surface area contributed by atoms with Crippen molar-refractivity contribution in [2.24, 2.45) is 5.92 Å². The lowest BCUT2D eigenvalue weighted by atomic mass is 10.2. The molecule has 1 aliphatic carbocycles. The second-order valence-corrected chi connectivity index (χ2v) is 5.06. The van der Waals surface area contributed by atoms with E-state index in [0.717, 1.165) is 10.5 Å². The first-order valence-corrected chi connectivity index (χ1v) is 6.62. The normalized spacial score (nSPS) is 14.8. The number of nitrogens with one attached hydrogen (secondary N) is 1. The zero-order chi connectivity index (χ0) is 14.7. The molecule has 0 spiro atoms. The summed E-state index contributed by atoms with van der Waals surface area (Å²) in [5.41, 5.74) is 7.79. The van der Waals surface area contributed by atoms with Gasteiger partial charge in [0, 0.05) is 18.8 Å². The predicted molar refractivity (Wildman–Crippen MR) is 79.0 cm³/mol. The van der Waals surface area contributed by atoms with E-state index >= 15 is 0 Å². The molecule has 5 heteroatoms. The van der Waals surface area contributed by atoms with Crippen molar-refractivity contribution < 1.29 is 9.59 Å². The van der Waals surface area contributed by atoms with Crippen molar-refractivity contribution in [3.05, 3.63) is 36.0 Å². The van der Waals surface area contributed by atoms with Crippen LogP contribution in [-0.4, -0.2) is 11.9 Å². The highest BCUT2D eigenvalue weighted by atomic mass is 16.2. The lowest BCUT2D eigenvalue weighted by molar-refractivity contribution is -0.115. The molecule has 0 heterocycles. The van der Waals surface area contributed by atoms with E-state index in [1.807, 2.05) is 6.92 Å². The Labute approximate surface area is 118 Å². The lowest BCUT2D eigenvalue weighted by Crippen LogP contribution is -2.41. The van der Waals surface area contributed by atoms with Crippen molar-refractivity contribution in [3.63, 3.8) is 0 Å². The highest BCUT2D eigenvalue weighted by Gasteiger charge is 2.24. The molecule has 0 saturated heterocycles. The van der Waals surface area contributed by atoms with Crippen LogP contribution in [0.1, 0.15) is 26.7 Å². The van der Waals surface area contributed by atoms with Crippen LogP contribution in [0.3, 0.4) is 0 Å². The average Bonchev–Trinajstić information content (AvgIpc) is 3.20. The number of nitrogens with zero attached hydrogens (tertiary/aromatic N) is 1. The quantitative estimate of drug-likeness (QED) is 0.831. The van der Waals surface area contributed by atoms with Gasteiger partial charge in [-0.1, -0.05) is 11.6 Å². The summed E-state index contributed by atoms with van der Waals surface area (Å²) in [6, 6.07) is 6.21. The summed E-state index contributed by atoms with van der Waals surface area (Å²) >= 11 is 0. The molecule has 1 aromatic rings. The van der Waals surface area contributed by atoms with Crippen LogP contribution in [0.25, 0.3) is 0 Å². The number of allylic oxidation sites excluding steroid dienone is 1. The molecule has 1 aromatic carbocycles. The number of carbonyl (C=O) groups excluding carboxylic acids is 2. The van der Waals surface area contributed by atoms with Crippen LogP contribution < -0.4 is 16.0 Å². The number of anilines is 2. The Hall–Kier alpha value is -2.30. The van der Waals surface area contributed by atoms with Crippen LogP contribution in [0.4, 0.5) is 16.2 Å². The van der Waals surface area contributed by atoms with Gasteiger partial charge in [-0.2, -0.15) is 0 Å².